The molecular formula is C4H7ClO. The number of halogens is 1. The summed E-state index contributed by atoms with van der Waals surface area (Å²) >= 11 is 5.61. The third kappa shape index (κ3) is 0.660. The van der Waals surface area contributed by atoms with E-state index in [0.29, 0.717) is 0 Å². The van der Waals surface area contributed by atoms with Crippen LogP contribution in [0.25, 0.3) is 0 Å². The van der Waals surface area contributed by atoms with Gasteiger partial charge in [-0.1, -0.05) is 11.6 Å². The van der Waals surface area contributed by atoms with E-state index >= 15 is 0 Å². The first-order valence-electron chi connectivity index (χ1n) is 2.01. The lowest BCUT2D eigenvalue weighted by atomic mass is 10.8. The van der Waals surface area contributed by atoms with Crippen molar-refractivity contribution in [2.75, 3.05) is 7.11 Å². The van der Waals surface area contributed by atoms with E-state index in [9.17, 15) is 0 Å². The SMILES string of the molecule is COC1(Cl)CC1. The zero-order valence-electron chi connectivity index (χ0n) is 3.70. The maximum Gasteiger partial charge on any atom is 0.141 e. The van der Waals surface area contributed by atoms with Gasteiger partial charge in [-0.25, -0.2) is 0 Å². The monoisotopic (exact) mass is 106 g/mol. The van der Waals surface area contributed by atoms with Crippen molar-refractivity contribution in [3.05, 3.63) is 0 Å². The van der Waals surface area contributed by atoms with E-state index in [1.54, 1.807) is 7.11 Å². The van der Waals surface area contributed by atoms with Crippen LogP contribution in [0.15, 0.2) is 0 Å². The summed E-state index contributed by atoms with van der Waals surface area (Å²) in [5.41, 5.74) is 0. The Labute approximate surface area is 42.2 Å². The van der Waals surface area contributed by atoms with Gasteiger partial charge in [-0.2, -0.15) is 0 Å². The van der Waals surface area contributed by atoms with E-state index in [4.69, 9.17) is 16.3 Å². The molecule has 2 heteroatoms. The molecule has 6 heavy (non-hydrogen) atoms. The normalized spacial score (nSPS) is 27.0. The summed E-state index contributed by atoms with van der Waals surface area (Å²) in [7, 11) is 1.64. The van der Waals surface area contributed by atoms with Crippen LogP contribution in [0.2, 0.25) is 0 Å². The Morgan fingerprint density at radius 2 is 2.17 bits per heavy atom. The molecule has 0 aromatic heterocycles. The molecule has 1 fully saturated rings. The first-order chi connectivity index (χ1) is 2.77. The van der Waals surface area contributed by atoms with E-state index in [1.807, 2.05) is 0 Å². The molecule has 36 valence electrons. The Morgan fingerprint density at radius 3 is 2.17 bits per heavy atom. The van der Waals surface area contributed by atoms with Gasteiger partial charge in [0.05, 0.1) is 0 Å². The van der Waals surface area contributed by atoms with Crippen LogP contribution in [0.3, 0.4) is 0 Å². The molecule has 1 rings (SSSR count). The highest BCUT2D eigenvalue weighted by molar-refractivity contribution is 6.24. The van der Waals surface area contributed by atoms with Gasteiger partial charge in [0.2, 0.25) is 0 Å². The lowest BCUT2D eigenvalue weighted by molar-refractivity contribution is 0.149. The predicted molar refractivity (Wildman–Crippen MR) is 24.8 cm³/mol. The Balaban J connectivity index is 2.28. The first kappa shape index (κ1) is 4.41. The van der Waals surface area contributed by atoms with E-state index in [0.717, 1.165) is 12.8 Å². The van der Waals surface area contributed by atoms with Crippen LogP contribution in [0.5, 0.6) is 0 Å². The molecule has 0 spiro atoms. The van der Waals surface area contributed by atoms with Gasteiger partial charge in [-0.3, -0.25) is 0 Å². The van der Waals surface area contributed by atoms with Crippen molar-refractivity contribution in [1.29, 1.82) is 0 Å². The minimum absolute atomic E-state index is 0.236. The molecule has 0 aromatic rings. The number of hydrogen-bond acceptors (Lipinski definition) is 1. The molecule has 0 aliphatic heterocycles. The van der Waals surface area contributed by atoms with Gasteiger partial charge < -0.3 is 4.74 Å². The summed E-state index contributed by atoms with van der Waals surface area (Å²) < 4.78 is 4.81. The van der Waals surface area contributed by atoms with Crippen molar-refractivity contribution in [1.82, 2.24) is 0 Å². The van der Waals surface area contributed by atoms with Gasteiger partial charge in [-0.15, -0.1) is 0 Å². The third-order valence-corrected chi connectivity index (χ3v) is 1.54. The molecule has 1 nitrogen and oxygen atoms in total. The van der Waals surface area contributed by atoms with Crippen molar-refractivity contribution in [3.63, 3.8) is 0 Å². The standard InChI is InChI=1S/C4H7ClO/c1-6-4(5)2-3-4/h2-3H2,1H3. The first-order valence-corrected chi connectivity index (χ1v) is 2.39. The highest BCUT2D eigenvalue weighted by atomic mass is 35.5. The molecule has 0 amide bonds. The molecule has 0 heterocycles. The van der Waals surface area contributed by atoms with Crippen LogP contribution in [0.4, 0.5) is 0 Å². The van der Waals surface area contributed by atoms with E-state index in [-0.39, 0.29) is 5.06 Å². The topological polar surface area (TPSA) is 9.23 Å². The fourth-order valence-corrected chi connectivity index (χ4v) is 0.397. The number of methoxy groups -OCH3 is 1. The Kier molecular flexibility index (Phi) is 0.815. The van der Waals surface area contributed by atoms with Gasteiger partial charge in [0.15, 0.2) is 0 Å². The van der Waals surface area contributed by atoms with E-state index in [2.05, 4.69) is 0 Å². The van der Waals surface area contributed by atoms with Crippen LogP contribution in [0.1, 0.15) is 12.8 Å². The number of ether oxygens (including phenoxy) is 1. The van der Waals surface area contributed by atoms with Gasteiger partial charge in [0.25, 0.3) is 0 Å². The second-order valence-electron chi connectivity index (χ2n) is 1.59. The average molecular weight is 107 g/mol. The number of alkyl halides is 1. The Bertz CT molecular complexity index is 58.6. The van der Waals surface area contributed by atoms with Crippen molar-refractivity contribution in [3.8, 4) is 0 Å². The lowest BCUT2D eigenvalue weighted by Gasteiger charge is -1.97. The van der Waals surface area contributed by atoms with Crippen LogP contribution in [-0.2, 0) is 4.74 Å². The molecule has 1 saturated carbocycles. The van der Waals surface area contributed by atoms with Gasteiger partial charge >= 0.3 is 0 Å². The predicted octanol–water partition coefficient (Wildman–Crippen LogP) is 1.36. The van der Waals surface area contributed by atoms with E-state index < -0.39 is 0 Å². The fourth-order valence-electron chi connectivity index (χ4n) is 0.302. The molecule has 0 bridgehead atoms. The van der Waals surface area contributed by atoms with Crippen molar-refractivity contribution < 1.29 is 4.74 Å². The van der Waals surface area contributed by atoms with Crippen molar-refractivity contribution in [2.24, 2.45) is 0 Å². The highest BCUT2D eigenvalue weighted by Crippen LogP contribution is 2.42. The summed E-state index contributed by atoms with van der Waals surface area (Å²) in [5, 5.41) is -0.236. The summed E-state index contributed by atoms with van der Waals surface area (Å²) in [4.78, 5) is 0. The molecule has 0 aromatic carbocycles. The van der Waals surface area contributed by atoms with Crippen LogP contribution >= 0.6 is 11.6 Å². The molecule has 0 saturated heterocycles. The summed E-state index contributed by atoms with van der Waals surface area (Å²) in [6, 6.07) is 0. The minimum Gasteiger partial charge on any atom is -0.363 e. The van der Waals surface area contributed by atoms with Crippen LogP contribution in [0, 0.1) is 0 Å². The second kappa shape index (κ2) is 1.11. The molecular weight excluding hydrogens is 99.5 g/mol. The van der Waals surface area contributed by atoms with E-state index in [1.165, 1.54) is 0 Å². The largest absolute Gasteiger partial charge is 0.363 e. The van der Waals surface area contributed by atoms with Crippen molar-refractivity contribution >= 4 is 11.6 Å². The third-order valence-electron chi connectivity index (χ3n) is 1.01. The molecule has 0 atom stereocenters. The van der Waals surface area contributed by atoms with Gasteiger partial charge in [0.1, 0.15) is 5.06 Å². The minimum atomic E-state index is -0.236. The summed E-state index contributed by atoms with van der Waals surface area (Å²) in [5.74, 6) is 0. The van der Waals surface area contributed by atoms with Crippen LogP contribution < -0.4 is 0 Å². The fraction of sp³-hybridized carbons (Fsp3) is 1.00. The smallest absolute Gasteiger partial charge is 0.141 e. The highest BCUT2D eigenvalue weighted by Gasteiger charge is 2.40. The number of hydrogen-bond donors (Lipinski definition) is 0. The van der Waals surface area contributed by atoms with Gasteiger partial charge in [0, 0.05) is 7.11 Å². The number of rotatable bonds is 1. The molecule has 1 aliphatic rings. The summed E-state index contributed by atoms with van der Waals surface area (Å²) in [6.07, 6.45) is 2.04. The lowest BCUT2D eigenvalue weighted by Crippen LogP contribution is -1.97. The summed E-state index contributed by atoms with van der Waals surface area (Å²) in [6.45, 7) is 0. The quantitative estimate of drug-likeness (QED) is 0.459. The van der Waals surface area contributed by atoms with Crippen molar-refractivity contribution in [2.45, 2.75) is 17.9 Å². The zero-order chi connectivity index (χ0) is 4.62. The molecule has 1 aliphatic carbocycles. The Hall–Kier alpha value is 0.250. The maximum absolute atomic E-state index is 5.61. The molecule has 0 N–H and O–H groups in total. The Morgan fingerprint density at radius 1 is 1.67 bits per heavy atom. The average Bonchev–Trinajstić information content (AvgIpc) is 2.22. The second-order valence-corrected chi connectivity index (χ2v) is 2.28. The van der Waals surface area contributed by atoms with Gasteiger partial charge in [-0.05, 0) is 12.8 Å². The molecule has 0 radical (unpaired) electrons. The zero-order valence-corrected chi connectivity index (χ0v) is 4.46. The molecule has 0 unspecified atom stereocenters. The van der Waals surface area contributed by atoms with Crippen LogP contribution in [-0.4, -0.2) is 12.2 Å². The maximum atomic E-state index is 5.61.